The quantitative estimate of drug-likeness (QED) is 0.218. The molecule has 0 amide bonds. The number of thiophene rings is 1. The third-order valence-corrected chi connectivity index (χ3v) is 10.4. The maximum Gasteiger partial charge on any atom is 0.231 e. The third-order valence-electron chi connectivity index (χ3n) is 3.98. The van der Waals surface area contributed by atoms with E-state index in [4.69, 9.17) is 21.4 Å². The Balaban J connectivity index is 1.82. The second-order valence-electron chi connectivity index (χ2n) is 6.13. The number of amidine groups is 1. The highest BCUT2D eigenvalue weighted by atomic mass is 32.7. The first-order valence-corrected chi connectivity index (χ1v) is 13.0. The molecule has 0 spiro atoms. The zero-order valence-corrected chi connectivity index (χ0v) is 19.1. The van der Waals surface area contributed by atoms with Crippen LogP contribution in [0.2, 0.25) is 0 Å². The molecule has 3 aromatic rings. The fourth-order valence-electron chi connectivity index (χ4n) is 2.59. The van der Waals surface area contributed by atoms with E-state index in [9.17, 15) is 0 Å². The molecule has 1 unspecified atom stereocenters. The number of furan rings is 1. The largest absolute Gasteiger partial charge is 0.485 e. The second kappa shape index (κ2) is 8.85. The molecule has 2 aromatic heterocycles. The van der Waals surface area contributed by atoms with Gasteiger partial charge in [-0.25, -0.2) is 0 Å². The summed E-state index contributed by atoms with van der Waals surface area (Å²) < 4.78 is 14.4. The fraction of sp³-hybridized carbons (Fsp3) is 0.105. The van der Waals surface area contributed by atoms with Gasteiger partial charge in [-0.2, -0.15) is 14.4 Å². The van der Waals surface area contributed by atoms with Crippen LogP contribution in [-0.4, -0.2) is 35.2 Å². The summed E-state index contributed by atoms with van der Waals surface area (Å²) in [5.41, 5.74) is 0.943. The van der Waals surface area contributed by atoms with Crippen molar-refractivity contribution in [3.05, 3.63) is 76.9 Å². The first kappa shape index (κ1) is 20.4. The van der Waals surface area contributed by atoms with E-state index in [1.54, 1.807) is 23.8 Å². The summed E-state index contributed by atoms with van der Waals surface area (Å²) in [6, 6.07) is 17.7. The van der Waals surface area contributed by atoms with Crippen molar-refractivity contribution < 1.29 is 4.42 Å². The van der Waals surface area contributed by atoms with Crippen molar-refractivity contribution in [1.82, 2.24) is 4.67 Å². The molecule has 0 fully saturated rings. The van der Waals surface area contributed by atoms with E-state index in [2.05, 4.69) is 10.2 Å². The van der Waals surface area contributed by atoms with Crippen LogP contribution >= 0.6 is 30.0 Å². The molecular weight excluding hydrogens is 441 g/mol. The van der Waals surface area contributed by atoms with Crippen LogP contribution < -0.4 is 4.67 Å². The van der Waals surface area contributed by atoms with Gasteiger partial charge in [0.1, 0.15) is 5.76 Å². The molecule has 0 saturated heterocycles. The molecule has 1 aromatic carbocycles. The molecule has 4 rings (SSSR count). The average Bonchev–Trinajstić information content (AvgIpc) is 3.42. The Morgan fingerprint density at radius 2 is 1.97 bits per heavy atom. The number of hydrogen-bond acceptors (Lipinski definition) is 8. The minimum Gasteiger partial charge on any atom is -0.485 e. The molecule has 1 aliphatic heterocycles. The summed E-state index contributed by atoms with van der Waals surface area (Å²) in [7, 11) is 3.93. The Kier molecular flexibility index (Phi) is 6.22. The number of anilines is 1. The highest BCUT2D eigenvalue weighted by Crippen LogP contribution is 2.68. The van der Waals surface area contributed by atoms with Crippen molar-refractivity contribution in [3.63, 3.8) is 0 Å². The normalized spacial score (nSPS) is 21.3. The van der Waals surface area contributed by atoms with Crippen LogP contribution in [-0.2, 0) is 12.2 Å². The van der Waals surface area contributed by atoms with Gasteiger partial charge < -0.3 is 16.7 Å². The van der Waals surface area contributed by atoms with Gasteiger partial charge in [0, 0.05) is 14.1 Å². The predicted octanol–water partition coefficient (Wildman–Crippen LogP) is 5.52. The second-order valence-corrected chi connectivity index (χ2v) is 11.9. The Hall–Kier alpha value is -1.90. The van der Waals surface area contributed by atoms with Crippen molar-refractivity contribution in [2.45, 2.75) is 0 Å². The topological polar surface area (TPSA) is 56.7 Å². The van der Waals surface area contributed by atoms with E-state index >= 15 is 0 Å². The van der Waals surface area contributed by atoms with Crippen LogP contribution in [0.25, 0.3) is 0 Å². The van der Waals surface area contributed by atoms with Gasteiger partial charge in [0.05, 0.1) is 23.0 Å². The molecule has 1 atom stereocenters. The Bertz CT molecular complexity index is 1040. The Morgan fingerprint density at radius 3 is 2.62 bits per heavy atom. The van der Waals surface area contributed by atoms with Crippen molar-refractivity contribution in [3.8, 4) is 0 Å². The third kappa shape index (κ3) is 4.34. The first-order chi connectivity index (χ1) is 14.1. The van der Waals surface area contributed by atoms with Gasteiger partial charge in [-0.3, -0.25) is 0 Å². The summed E-state index contributed by atoms with van der Waals surface area (Å²) in [5.74, 6) is 0.639. The lowest BCUT2D eigenvalue weighted by Crippen LogP contribution is -2.37. The monoisotopic (exact) mass is 459 g/mol. The molecule has 0 bridgehead atoms. The van der Waals surface area contributed by atoms with Crippen molar-refractivity contribution in [2.75, 3.05) is 18.8 Å². The molecule has 0 radical (unpaired) electrons. The molecule has 3 heterocycles. The highest BCUT2D eigenvalue weighted by Gasteiger charge is 2.45. The lowest BCUT2D eigenvalue weighted by molar-refractivity contribution is 0.560. The van der Waals surface area contributed by atoms with Gasteiger partial charge in [-0.05, 0) is 47.5 Å². The fourth-order valence-corrected chi connectivity index (χ4v) is 7.86. The van der Waals surface area contributed by atoms with Gasteiger partial charge in [0.15, 0.2) is 12.0 Å². The molecule has 1 aliphatic rings. The molecule has 29 heavy (non-hydrogen) atoms. The van der Waals surface area contributed by atoms with Crippen LogP contribution in [0.15, 0.2) is 85.6 Å². The molecule has 148 valence electrons. The summed E-state index contributed by atoms with van der Waals surface area (Å²) in [6.45, 7) is -2.53. The zero-order valence-electron chi connectivity index (χ0n) is 15.7. The maximum atomic E-state index is 6.15. The number of para-hydroxylation sites is 1. The first-order valence-electron chi connectivity index (χ1n) is 8.68. The Labute approximate surface area is 183 Å². The van der Waals surface area contributed by atoms with Crippen LogP contribution in [0.4, 0.5) is 5.69 Å². The Morgan fingerprint density at radius 1 is 1.14 bits per heavy atom. The van der Waals surface area contributed by atoms with Crippen LogP contribution in [0.3, 0.4) is 0 Å². The SMILES string of the molecule is CN(C)[P+]1([S-])N=C(c2cccs2)S/C(=N/N=C/c2ccco2)N1c1ccccc1. The molecule has 0 saturated carbocycles. The predicted molar refractivity (Wildman–Crippen MR) is 129 cm³/mol. The molecule has 10 heteroatoms. The summed E-state index contributed by atoms with van der Waals surface area (Å²) in [4.78, 5) is 1.07. The standard InChI is InChI=1S/C19H18N5OPS3/c1-23(2)26(27)22-18(17-11-7-13-28-17)29-19(21-20-14-16-10-6-12-25-16)24(26)15-8-4-3-5-9-15/h3-14H,1-2H3/b20-14+,21-19+. The molecular formula is C19H18N5OPS3. The number of benzene rings is 1. The molecule has 6 nitrogen and oxygen atoms in total. The van der Waals surface area contributed by atoms with Crippen LogP contribution in [0.1, 0.15) is 10.6 Å². The summed E-state index contributed by atoms with van der Waals surface area (Å²) in [5, 5.41) is 12.4. The lowest BCUT2D eigenvalue weighted by Gasteiger charge is -2.43. The molecule has 0 N–H and O–H groups in total. The lowest BCUT2D eigenvalue weighted by atomic mass is 10.3. The minimum atomic E-state index is -2.53. The van der Waals surface area contributed by atoms with Gasteiger partial charge in [0.25, 0.3) is 0 Å². The van der Waals surface area contributed by atoms with E-state index in [1.807, 2.05) is 83.4 Å². The van der Waals surface area contributed by atoms with Gasteiger partial charge in [-0.1, -0.05) is 29.0 Å². The van der Waals surface area contributed by atoms with Crippen molar-refractivity contribution in [2.24, 2.45) is 15.0 Å². The zero-order chi connectivity index (χ0) is 20.3. The number of nitrogens with zero attached hydrogens (tertiary/aromatic N) is 5. The van der Waals surface area contributed by atoms with Gasteiger partial charge in [-0.15, -0.1) is 16.4 Å². The van der Waals surface area contributed by atoms with Gasteiger partial charge >= 0.3 is 0 Å². The van der Waals surface area contributed by atoms with Crippen LogP contribution in [0, 0.1) is 0 Å². The van der Waals surface area contributed by atoms with E-state index < -0.39 is 6.92 Å². The number of hydrogen-bond donors (Lipinski definition) is 0. The number of thioether (sulfide) groups is 1. The van der Waals surface area contributed by atoms with E-state index in [-0.39, 0.29) is 0 Å². The van der Waals surface area contributed by atoms with Gasteiger partial charge in [0.2, 0.25) is 5.17 Å². The summed E-state index contributed by atoms with van der Waals surface area (Å²) in [6.07, 6.45) is 3.19. The number of rotatable bonds is 5. The smallest absolute Gasteiger partial charge is 0.231 e. The van der Waals surface area contributed by atoms with E-state index in [0.29, 0.717) is 10.9 Å². The van der Waals surface area contributed by atoms with Crippen LogP contribution in [0.5, 0.6) is 0 Å². The maximum absolute atomic E-state index is 6.15. The highest BCUT2D eigenvalue weighted by molar-refractivity contribution is 8.44. The summed E-state index contributed by atoms with van der Waals surface area (Å²) >= 11 is 9.27. The van der Waals surface area contributed by atoms with Crippen molar-refractivity contribution in [1.29, 1.82) is 0 Å². The van der Waals surface area contributed by atoms with E-state index in [1.165, 1.54) is 11.8 Å². The van der Waals surface area contributed by atoms with E-state index in [0.717, 1.165) is 15.6 Å². The molecule has 0 aliphatic carbocycles. The minimum absolute atomic E-state index is 0.639. The van der Waals surface area contributed by atoms with Crippen molar-refractivity contribution >= 4 is 64.4 Å². The average molecular weight is 460 g/mol.